The molecule has 0 atom stereocenters. The van der Waals surface area contributed by atoms with E-state index < -0.39 is 4.92 Å². The Hall–Kier alpha value is -3.23. The van der Waals surface area contributed by atoms with Crippen LogP contribution in [-0.2, 0) is 17.9 Å². The number of aromatic nitrogens is 4. The van der Waals surface area contributed by atoms with Crippen molar-refractivity contribution in [2.75, 3.05) is 0 Å². The van der Waals surface area contributed by atoms with Gasteiger partial charge in [-0.25, -0.2) is 4.98 Å². The van der Waals surface area contributed by atoms with E-state index in [0.717, 1.165) is 11.0 Å². The minimum atomic E-state index is -0.524. The largest absolute Gasteiger partial charge is 0.390 e. The molecule has 25 heavy (non-hydrogen) atoms. The molecule has 9 nitrogen and oxygen atoms in total. The van der Waals surface area contributed by atoms with Gasteiger partial charge in [-0.05, 0) is 30.4 Å². The number of carbonyl (C=O) groups excluding carboxylic acids is 1. The Bertz CT molecular complexity index is 881. The Labute approximate surface area is 143 Å². The fraction of sp³-hybridized carbons (Fsp3) is 0.312. The van der Waals surface area contributed by atoms with Crippen LogP contribution >= 0.6 is 0 Å². The lowest BCUT2D eigenvalue weighted by atomic mass is 10.3. The quantitative estimate of drug-likeness (QED) is 0.503. The highest BCUT2D eigenvalue weighted by Crippen LogP contribution is 2.12. The average Bonchev–Trinajstić information content (AvgIpc) is 3.16. The number of benzene rings is 1. The van der Waals surface area contributed by atoms with Gasteiger partial charge in [0.2, 0.25) is 5.91 Å². The summed E-state index contributed by atoms with van der Waals surface area (Å²) in [5, 5.41) is 17.4. The van der Waals surface area contributed by atoms with Crippen molar-refractivity contribution < 1.29 is 9.72 Å². The number of imidazole rings is 1. The smallest absolute Gasteiger partial charge is 0.358 e. The lowest BCUT2D eigenvalue weighted by Gasteiger charge is -2.03. The number of amides is 1. The summed E-state index contributed by atoms with van der Waals surface area (Å²) in [6.07, 6.45) is 0.860. The molecule has 0 aliphatic rings. The lowest BCUT2D eigenvalue weighted by molar-refractivity contribution is -0.389. The van der Waals surface area contributed by atoms with E-state index in [0.29, 0.717) is 37.4 Å². The molecular weight excluding hydrogens is 324 g/mol. The van der Waals surface area contributed by atoms with Gasteiger partial charge in [-0.2, -0.15) is 4.68 Å². The van der Waals surface area contributed by atoms with Crippen LogP contribution in [0.1, 0.15) is 24.4 Å². The molecule has 1 amide bonds. The van der Waals surface area contributed by atoms with Gasteiger partial charge in [-0.1, -0.05) is 12.1 Å². The second-order valence-electron chi connectivity index (χ2n) is 5.71. The first-order chi connectivity index (χ1) is 12.0. The summed E-state index contributed by atoms with van der Waals surface area (Å²) in [4.78, 5) is 29.6. The maximum absolute atomic E-state index is 11.9. The van der Waals surface area contributed by atoms with Crippen molar-refractivity contribution in [3.63, 3.8) is 0 Å². The summed E-state index contributed by atoms with van der Waals surface area (Å²) in [7, 11) is 0. The molecule has 2 N–H and O–H groups in total. The molecule has 0 fully saturated rings. The molecule has 130 valence electrons. The topological polar surface area (TPSA) is 119 Å². The van der Waals surface area contributed by atoms with Gasteiger partial charge in [0, 0.05) is 6.42 Å². The van der Waals surface area contributed by atoms with Crippen molar-refractivity contribution in [1.29, 1.82) is 0 Å². The average molecular weight is 342 g/mol. The van der Waals surface area contributed by atoms with Gasteiger partial charge in [0.1, 0.15) is 5.82 Å². The van der Waals surface area contributed by atoms with E-state index in [9.17, 15) is 14.9 Å². The summed E-state index contributed by atoms with van der Waals surface area (Å²) in [5.74, 6) is 0.430. The van der Waals surface area contributed by atoms with Gasteiger partial charge >= 0.3 is 5.82 Å². The van der Waals surface area contributed by atoms with Gasteiger partial charge in [0.15, 0.2) is 0 Å². The molecule has 0 saturated heterocycles. The standard InChI is InChI=1S/C16H18N6O3/c1-11-9-15(22(24)25)20-21(11)8-4-7-16(23)17-10-14-18-12-5-2-3-6-13(12)19-14/h2-3,5-6,9H,4,7-8,10H2,1H3,(H,17,23)(H,18,19). The molecule has 0 aliphatic carbocycles. The molecule has 0 radical (unpaired) electrons. The minimum absolute atomic E-state index is 0.0974. The minimum Gasteiger partial charge on any atom is -0.358 e. The second-order valence-corrected chi connectivity index (χ2v) is 5.71. The highest BCUT2D eigenvalue weighted by atomic mass is 16.6. The first-order valence-corrected chi connectivity index (χ1v) is 7.92. The van der Waals surface area contributed by atoms with Gasteiger partial charge in [-0.15, -0.1) is 0 Å². The monoisotopic (exact) mass is 342 g/mol. The number of hydrogen-bond acceptors (Lipinski definition) is 5. The van der Waals surface area contributed by atoms with Crippen LogP contribution in [-0.4, -0.2) is 30.6 Å². The third kappa shape index (κ3) is 4.00. The number of para-hydroxylation sites is 2. The van der Waals surface area contributed by atoms with Gasteiger partial charge in [0.25, 0.3) is 0 Å². The molecule has 0 spiro atoms. The number of fused-ring (bicyclic) bond motifs is 1. The fourth-order valence-corrected chi connectivity index (χ4v) is 2.56. The first-order valence-electron chi connectivity index (χ1n) is 7.92. The summed E-state index contributed by atoms with van der Waals surface area (Å²) < 4.78 is 1.55. The predicted molar refractivity (Wildman–Crippen MR) is 90.8 cm³/mol. The molecule has 9 heteroatoms. The summed E-state index contributed by atoms with van der Waals surface area (Å²) in [6, 6.07) is 9.08. The molecular formula is C16H18N6O3. The molecule has 1 aromatic carbocycles. The Morgan fingerprint density at radius 2 is 2.20 bits per heavy atom. The molecule has 2 heterocycles. The number of rotatable bonds is 7. The zero-order valence-corrected chi connectivity index (χ0v) is 13.7. The zero-order chi connectivity index (χ0) is 17.8. The predicted octanol–water partition coefficient (Wildman–Crippen LogP) is 2.07. The molecule has 2 aromatic heterocycles. The van der Waals surface area contributed by atoms with Crippen LogP contribution in [0, 0.1) is 17.0 Å². The molecule has 0 bridgehead atoms. The van der Waals surface area contributed by atoms with Crippen LogP contribution in [0.4, 0.5) is 5.82 Å². The van der Waals surface area contributed by atoms with Gasteiger partial charge in [0.05, 0.1) is 41.0 Å². The van der Waals surface area contributed by atoms with E-state index >= 15 is 0 Å². The van der Waals surface area contributed by atoms with E-state index in [-0.39, 0.29) is 11.7 Å². The van der Waals surface area contributed by atoms with Crippen LogP contribution in [0.2, 0.25) is 0 Å². The Kier molecular flexibility index (Phi) is 4.73. The number of nitro groups is 1. The normalized spacial score (nSPS) is 10.9. The molecule has 3 rings (SSSR count). The number of nitrogens with zero attached hydrogens (tertiary/aromatic N) is 4. The number of H-pyrrole nitrogens is 1. The van der Waals surface area contributed by atoms with Crippen molar-refractivity contribution >= 4 is 22.8 Å². The third-order valence-electron chi connectivity index (χ3n) is 3.82. The number of aromatic amines is 1. The van der Waals surface area contributed by atoms with E-state index in [1.54, 1.807) is 11.6 Å². The maximum atomic E-state index is 11.9. The third-order valence-corrected chi connectivity index (χ3v) is 3.82. The number of carbonyl (C=O) groups is 1. The molecule has 3 aromatic rings. The lowest BCUT2D eigenvalue weighted by Crippen LogP contribution is -2.23. The second kappa shape index (κ2) is 7.12. The highest BCUT2D eigenvalue weighted by Gasteiger charge is 2.15. The zero-order valence-electron chi connectivity index (χ0n) is 13.7. The van der Waals surface area contributed by atoms with Crippen molar-refractivity contribution in [1.82, 2.24) is 25.1 Å². The SMILES string of the molecule is Cc1cc([N+](=O)[O-])nn1CCCC(=O)NCc1nc2ccccc2[nH]1. The van der Waals surface area contributed by atoms with Crippen LogP contribution < -0.4 is 5.32 Å². The van der Waals surface area contributed by atoms with Crippen molar-refractivity contribution in [3.05, 3.63) is 52.0 Å². The number of nitrogens with one attached hydrogen (secondary N) is 2. The van der Waals surface area contributed by atoms with Crippen molar-refractivity contribution in [2.24, 2.45) is 0 Å². The van der Waals surface area contributed by atoms with E-state index in [2.05, 4.69) is 20.4 Å². The van der Waals surface area contributed by atoms with Crippen LogP contribution in [0.25, 0.3) is 11.0 Å². The summed E-state index contributed by atoms with van der Waals surface area (Å²) in [5.41, 5.74) is 2.50. The maximum Gasteiger partial charge on any atom is 0.390 e. The highest BCUT2D eigenvalue weighted by molar-refractivity contribution is 5.76. The number of hydrogen-bond donors (Lipinski definition) is 2. The van der Waals surface area contributed by atoms with Gasteiger partial charge in [-0.3, -0.25) is 4.79 Å². The van der Waals surface area contributed by atoms with Crippen molar-refractivity contribution in [3.8, 4) is 0 Å². The van der Waals surface area contributed by atoms with Crippen molar-refractivity contribution in [2.45, 2.75) is 32.9 Å². The van der Waals surface area contributed by atoms with Gasteiger partial charge < -0.3 is 20.4 Å². The molecule has 0 saturated carbocycles. The molecule has 0 aliphatic heterocycles. The Balaban J connectivity index is 1.46. The van der Waals surface area contributed by atoms with Crippen LogP contribution in [0.5, 0.6) is 0 Å². The van der Waals surface area contributed by atoms with Crippen LogP contribution in [0.3, 0.4) is 0 Å². The van der Waals surface area contributed by atoms with E-state index in [1.807, 2.05) is 24.3 Å². The Morgan fingerprint density at radius 3 is 2.92 bits per heavy atom. The Morgan fingerprint density at radius 1 is 1.40 bits per heavy atom. The number of aryl methyl sites for hydroxylation is 2. The fourth-order valence-electron chi connectivity index (χ4n) is 2.56. The van der Waals surface area contributed by atoms with Crippen LogP contribution in [0.15, 0.2) is 30.3 Å². The van der Waals surface area contributed by atoms with E-state index in [4.69, 9.17) is 0 Å². The summed E-state index contributed by atoms with van der Waals surface area (Å²) in [6.45, 7) is 2.54. The first kappa shape index (κ1) is 16.6. The molecule has 0 unspecified atom stereocenters. The summed E-state index contributed by atoms with van der Waals surface area (Å²) >= 11 is 0. The van der Waals surface area contributed by atoms with E-state index in [1.165, 1.54) is 6.07 Å².